The summed E-state index contributed by atoms with van der Waals surface area (Å²) < 4.78 is 0. The van der Waals surface area contributed by atoms with Gasteiger partial charge >= 0.3 is 71.7 Å². The number of aliphatic carboxylic acids is 4. The third kappa shape index (κ3) is 21.6. The summed E-state index contributed by atoms with van der Waals surface area (Å²) >= 11 is 0. The van der Waals surface area contributed by atoms with Gasteiger partial charge in [0.05, 0.1) is 45.6 Å². The van der Waals surface area contributed by atoms with Crippen molar-refractivity contribution in [3.05, 3.63) is 150 Å². The van der Waals surface area contributed by atoms with E-state index in [1.165, 1.54) is 25.2 Å². The molecule has 0 amide bonds. The summed E-state index contributed by atoms with van der Waals surface area (Å²) in [7, 11) is 2.50. The van der Waals surface area contributed by atoms with Crippen molar-refractivity contribution >= 4 is 184 Å². The Morgan fingerprint density at radius 1 is 0.309 bits per heavy atom. The Bertz CT molecular complexity index is 4030. The number of allylic oxidation sites excluding steroid dienone is 8. The van der Waals surface area contributed by atoms with Gasteiger partial charge in [0, 0.05) is 68.0 Å². The first kappa shape index (κ1) is 96.3. The molecule has 18 nitrogen and oxygen atoms in total. The Morgan fingerprint density at radius 3 is 0.753 bits per heavy atom. The number of aryl methyl sites for hydroxylation is 8. The van der Waals surface area contributed by atoms with E-state index in [9.17, 15) is 39.6 Å². The molecule has 0 saturated heterocycles. The fourth-order valence-corrected chi connectivity index (χ4v) is 12.4. The number of H-pyrrole nitrogens is 4. The average Bonchev–Trinajstić information content (AvgIpc) is 1.63. The standard InChI is InChI=1S/2C34H38N4O4.2CH4N.6ClH.3Sn/c2*1-7-21-17(3)25-13-26-19(5)23(9-11-33(39)40)31(37-26)16-32-24(10-12-34(41)42)20(6)28(38-32)15-30-22(8-2)18(4)27(36-30)14-29(21)35-25;2*1-2;;;;;;;;;/h2*13-16,35,38H,7-12H2,1-6H3,(H,39,40)(H,41,42);2*2H,1H3;6*1H;;;/q;;2*-1;;;;;;;3*+4/p-10. The van der Waals surface area contributed by atoms with Crippen molar-refractivity contribution in [1.29, 1.82) is 0 Å². The Hall–Kier alpha value is -4.86. The summed E-state index contributed by atoms with van der Waals surface area (Å²) in [5.74, 6) is -4.48. The predicted octanol–water partition coefficient (Wildman–Crippen LogP) is -7.83. The van der Waals surface area contributed by atoms with Crippen molar-refractivity contribution in [3.8, 4) is 0 Å². The number of rotatable bonds is 16. The molecular formula is C70H80Cl6N10O8Sn3. The smallest absolute Gasteiger partial charge is 1.00 e. The minimum atomic E-state index is -1.12. The molecule has 0 unspecified atom stereocenters. The van der Waals surface area contributed by atoms with Crippen LogP contribution in [-0.2, 0) is 44.9 Å². The molecule has 6 aromatic heterocycles. The molecule has 6 aromatic rings. The number of nitrogens with one attached hydrogen (secondary N) is 6. The van der Waals surface area contributed by atoms with Crippen molar-refractivity contribution in [1.82, 2.24) is 39.9 Å². The van der Waals surface area contributed by atoms with Crippen molar-refractivity contribution < 1.29 is 114 Å². The van der Waals surface area contributed by atoms with Crippen molar-refractivity contribution in [2.75, 3.05) is 14.1 Å². The van der Waals surface area contributed by atoms with Crippen LogP contribution in [0.4, 0.5) is 0 Å². The van der Waals surface area contributed by atoms with Gasteiger partial charge in [-0.15, -0.1) is 0 Å². The molecule has 0 aliphatic carbocycles. The number of carboxylic acid groups (broad SMARTS) is 4. The fraction of sp³-hybridized carbons (Fsp3) is 0.371. The Morgan fingerprint density at radius 2 is 0.505 bits per heavy atom. The molecule has 27 heteroatoms. The van der Waals surface area contributed by atoms with Crippen molar-refractivity contribution in [2.24, 2.45) is 0 Å². The molecule has 4 aliphatic rings. The largest absolute Gasteiger partial charge is 4.00 e. The van der Waals surface area contributed by atoms with Gasteiger partial charge in [-0.05, 0) is 270 Å². The number of aromatic nitrogens is 8. The zero-order valence-corrected chi connectivity index (χ0v) is 70.0. The van der Waals surface area contributed by atoms with E-state index in [0.717, 1.165) is 182 Å². The van der Waals surface area contributed by atoms with E-state index in [1.807, 2.05) is 64.1 Å². The molecule has 16 bridgehead atoms. The maximum Gasteiger partial charge on any atom is 4.00 e. The van der Waals surface area contributed by atoms with E-state index in [2.05, 4.69) is 87.5 Å². The number of nitrogens with zero attached hydrogens (tertiary/aromatic N) is 4. The number of hydrogen-bond acceptors (Lipinski definition) is 12. The van der Waals surface area contributed by atoms with Crippen LogP contribution in [0.1, 0.15) is 197 Å². The normalized spacial score (nSPS) is 11.6. The number of carboxylic acids is 4. The molecule has 0 aromatic carbocycles. The molecule has 512 valence electrons. The summed E-state index contributed by atoms with van der Waals surface area (Å²) in [6.45, 7) is 24.8. The van der Waals surface area contributed by atoms with Gasteiger partial charge in [-0.2, -0.15) is 14.1 Å². The molecule has 0 saturated carbocycles. The van der Waals surface area contributed by atoms with E-state index in [-0.39, 0.29) is 198 Å². The van der Waals surface area contributed by atoms with Crippen LogP contribution in [-0.4, -0.2) is 150 Å². The van der Waals surface area contributed by atoms with Crippen LogP contribution in [0.5, 0.6) is 0 Å². The summed E-state index contributed by atoms with van der Waals surface area (Å²) in [5, 5.41) is 45.7. The van der Waals surface area contributed by atoms with Gasteiger partial charge in [0.2, 0.25) is 0 Å². The van der Waals surface area contributed by atoms with Crippen LogP contribution in [0, 0.1) is 27.7 Å². The maximum absolute atomic E-state index is 11.4. The van der Waals surface area contributed by atoms with Crippen LogP contribution >= 0.6 is 0 Å². The number of fused-ring (bicyclic) bond motifs is 16. The zero-order chi connectivity index (χ0) is 64.6. The quantitative estimate of drug-likeness (QED) is 0.0658. The third-order valence-electron chi connectivity index (χ3n) is 17.3. The van der Waals surface area contributed by atoms with E-state index < -0.39 is 23.9 Å². The monoisotopic (exact) mass is 1760 g/mol. The first-order valence-electron chi connectivity index (χ1n) is 30.1. The molecule has 10 rings (SSSR count). The molecule has 0 fully saturated rings. The van der Waals surface area contributed by atoms with Gasteiger partial charge in [-0.1, -0.05) is 27.7 Å². The van der Waals surface area contributed by atoms with Crippen LogP contribution in [0.3, 0.4) is 0 Å². The summed E-state index contributed by atoms with van der Waals surface area (Å²) in [5.41, 5.74) is 41.3. The minimum absolute atomic E-state index is 0. The Balaban J connectivity index is -0.00000159. The van der Waals surface area contributed by atoms with Gasteiger partial charge in [-0.3, -0.25) is 0 Å². The SMILES string of the molecule is CCC1=C(C)c2cc3[nH]c(cc4nc(cc5[nH]c(cc1n2)c(C)c5CCC(=O)[O-])C(CCC(=O)[O-])=C4C)c(C)c3CC.CCC1=C(C)c2cc3[nH]c(cc4nc(cc5[nH]c(cc1n2)c(C)c5CCC(=O)[O-])C(CCC(=O)[O-])=C4C)c(C)c3CC.C[NH-].C[NH-].[Cl-].[Cl-].[Cl-].[Cl-].[Cl-].[Cl-].[Sn+4].[Sn+4].[Sn+4]. The molecule has 4 aliphatic heterocycles. The van der Waals surface area contributed by atoms with Gasteiger partial charge in [0.25, 0.3) is 0 Å². The molecule has 0 atom stereocenters. The summed E-state index contributed by atoms with van der Waals surface area (Å²) in [6.07, 6.45) is 3.96. The third-order valence-corrected chi connectivity index (χ3v) is 17.3. The fourth-order valence-electron chi connectivity index (χ4n) is 12.4. The first-order valence-corrected chi connectivity index (χ1v) is 30.1. The molecular weight excluding hydrogens is 1680 g/mol. The number of carbonyl (C=O) groups is 4. The zero-order valence-electron chi connectivity index (χ0n) is 56.9. The van der Waals surface area contributed by atoms with Crippen LogP contribution in [0.15, 0.2) is 48.5 Å². The molecule has 6 N–H and O–H groups in total. The average molecular weight is 1760 g/mol. The second kappa shape index (κ2) is 43.1. The van der Waals surface area contributed by atoms with E-state index in [0.29, 0.717) is 11.4 Å². The Labute approximate surface area is 656 Å². The van der Waals surface area contributed by atoms with Crippen molar-refractivity contribution in [3.63, 3.8) is 0 Å². The Kier molecular flexibility index (Phi) is 42.8. The number of aromatic amines is 4. The summed E-state index contributed by atoms with van der Waals surface area (Å²) in [4.78, 5) is 80.0. The van der Waals surface area contributed by atoms with Crippen molar-refractivity contribution in [2.45, 2.75) is 160 Å². The first-order chi connectivity index (χ1) is 42.0. The van der Waals surface area contributed by atoms with E-state index >= 15 is 0 Å². The van der Waals surface area contributed by atoms with E-state index in [4.69, 9.17) is 31.4 Å². The second-order valence-electron chi connectivity index (χ2n) is 22.2. The molecule has 0 radical (unpaired) electrons. The maximum atomic E-state index is 11.4. The second-order valence-corrected chi connectivity index (χ2v) is 22.2. The molecule has 0 spiro atoms. The van der Waals surface area contributed by atoms with Crippen LogP contribution < -0.4 is 94.9 Å². The number of hydrogen-bond donors (Lipinski definition) is 4. The van der Waals surface area contributed by atoms with Gasteiger partial charge < -0.3 is 145 Å². The number of carbonyl (C=O) groups excluding carboxylic acids is 4. The summed E-state index contributed by atoms with van der Waals surface area (Å²) in [6, 6.07) is 16.2. The molecule has 10 heterocycles. The minimum Gasteiger partial charge on any atom is -1.00 e. The van der Waals surface area contributed by atoms with E-state index in [1.54, 1.807) is 0 Å². The number of halogens is 6. The molecule has 97 heavy (non-hydrogen) atoms. The van der Waals surface area contributed by atoms with Gasteiger partial charge in [0.1, 0.15) is 0 Å². The van der Waals surface area contributed by atoms with Crippen LogP contribution in [0.2, 0.25) is 0 Å². The topological polar surface area (TPSA) is 323 Å². The van der Waals surface area contributed by atoms with Gasteiger partial charge in [0.15, 0.2) is 0 Å². The predicted molar refractivity (Wildman–Crippen MR) is 363 cm³/mol. The van der Waals surface area contributed by atoms with Gasteiger partial charge in [-0.25, -0.2) is 19.9 Å². The van der Waals surface area contributed by atoms with Crippen LogP contribution in [0.25, 0.3) is 100 Å².